The summed E-state index contributed by atoms with van der Waals surface area (Å²) in [7, 11) is 0. The minimum atomic E-state index is 0.125. The first-order chi connectivity index (χ1) is 7.22. The van der Waals surface area contributed by atoms with E-state index in [1.165, 1.54) is 12.1 Å². The summed E-state index contributed by atoms with van der Waals surface area (Å²) in [5, 5.41) is 9.08. The highest BCUT2D eigenvalue weighted by molar-refractivity contribution is 6.20. The second kappa shape index (κ2) is 6.43. The maximum atomic E-state index is 10.0. The van der Waals surface area contributed by atoms with Gasteiger partial charge in [-0.25, -0.2) is 0 Å². The normalized spacial score (nSPS) is 19.1. The molecule has 1 saturated heterocycles. The molecule has 15 heavy (non-hydrogen) atoms. The van der Waals surface area contributed by atoms with E-state index in [1.807, 2.05) is 0 Å². The van der Waals surface area contributed by atoms with E-state index in [0.717, 1.165) is 19.6 Å². The third-order valence-corrected chi connectivity index (χ3v) is 2.22. The summed E-state index contributed by atoms with van der Waals surface area (Å²) < 4.78 is 4.92. The lowest BCUT2D eigenvalue weighted by Crippen LogP contribution is -1.92. The largest absolute Gasteiger partial charge is 0.508 e. The zero-order chi connectivity index (χ0) is 11.1. The van der Waals surface area contributed by atoms with Crippen molar-refractivity contribution in [3.63, 3.8) is 0 Å². The van der Waals surface area contributed by atoms with Gasteiger partial charge in [-0.15, -0.1) is 11.6 Å². The SMILES string of the molecule is ClC1CCOC1.O=Cc1cccc(O)c1. The predicted molar refractivity (Wildman–Crippen MR) is 58.6 cm³/mol. The zero-order valence-electron chi connectivity index (χ0n) is 8.23. The van der Waals surface area contributed by atoms with Gasteiger partial charge in [0.05, 0.1) is 12.0 Å². The van der Waals surface area contributed by atoms with Gasteiger partial charge in [0.25, 0.3) is 0 Å². The molecule has 1 fully saturated rings. The van der Waals surface area contributed by atoms with Crippen LogP contribution in [0.15, 0.2) is 24.3 Å². The first kappa shape index (κ1) is 12.0. The smallest absolute Gasteiger partial charge is 0.150 e. The van der Waals surface area contributed by atoms with E-state index in [4.69, 9.17) is 21.4 Å². The Kier molecular flexibility index (Phi) is 5.15. The van der Waals surface area contributed by atoms with Gasteiger partial charge < -0.3 is 9.84 Å². The van der Waals surface area contributed by atoms with Crippen LogP contribution in [0.5, 0.6) is 5.75 Å². The lowest BCUT2D eigenvalue weighted by Gasteiger charge is -1.89. The first-order valence-corrected chi connectivity index (χ1v) is 5.12. The molecule has 1 heterocycles. The van der Waals surface area contributed by atoms with Crippen molar-refractivity contribution in [3.05, 3.63) is 29.8 Å². The molecule has 1 aliphatic rings. The summed E-state index contributed by atoms with van der Waals surface area (Å²) in [4.78, 5) is 10.0. The van der Waals surface area contributed by atoms with E-state index in [1.54, 1.807) is 12.1 Å². The van der Waals surface area contributed by atoms with Crippen LogP contribution in [0.3, 0.4) is 0 Å². The van der Waals surface area contributed by atoms with Crippen LogP contribution in [0, 0.1) is 0 Å². The Morgan fingerprint density at radius 2 is 2.33 bits per heavy atom. The summed E-state index contributed by atoms with van der Waals surface area (Å²) >= 11 is 5.59. The van der Waals surface area contributed by atoms with Gasteiger partial charge in [-0.3, -0.25) is 4.79 Å². The molecular weight excluding hydrogens is 216 g/mol. The number of carbonyl (C=O) groups excluding carboxylic acids is 1. The maximum absolute atomic E-state index is 10.0. The van der Waals surface area contributed by atoms with Crippen LogP contribution in [0.1, 0.15) is 16.8 Å². The van der Waals surface area contributed by atoms with Crippen LogP contribution >= 0.6 is 11.6 Å². The minimum absolute atomic E-state index is 0.125. The van der Waals surface area contributed by atoms with Crippen LogP contribution in [0.2, 0.25) is 0 Å². The van der Waals surface area contributed by atoms with Crippen molar-refractivity contribution in [2.45, 2.75) is 11.8 Å². The fraction of sp³-hybridized carbons (Fsp3) is 0.364. The van der Waals surface area contributed by atoms with Crippen molar-refractivity contribution < 1.29 is 14.6 Å². The van der Waals surface area contributed by atoms with Gasteiger partial charge in [-0.2, -0.15) is 0 Å². The molecule has 0 saturated carbocycles. The zero-order valence-corrected chi connectivity index (χ0v) is 8.98. The molecule has 0 spiro atoms. The van der Waals surface area contributed by atoms with E-state index < -0.39 is 0 Å². The number of ether oxygens (including phenoxy) is 1. The summed E-state index contributed by atoms with van der Waals surface area (Å²) in [6, 6.07) is 6.19. The van der Waals surface area contributed by atoms with Crippen LogP contribution in [-0.2, 0) is 4.74 Å². The van der Waals surface area contributed by atoms with Crippen LogP contribution in [-0.4, -0.2) is 30.0 Å². The number of phenols is 1. The van der Waals surface area contributed by atoms with Crippen molar-refractivity contribution in [3.8, 4) is 5.75 Å². The summed E-state index contributed by atoms with van der Waals surface area (Å²) in [6.45, 7) is 1.61. The molecule has 0 aromatic heterocycles. The highest BCUT2D eigenvalue weighted by atomic mass is 35.5. The standard InChI is InChI=1S/C7H6O2.C4H7ClO/c8-5-6-2-1-3-7(9)4-6;5-4-1-2-6-3-4/h1-5,9H;4H,1-3H2. The second-order valence-corrected chi connectivity index (χ2v) is 3.79. The Bertz CT molecular complexity index is 308. The molecule has 1 atom stereocenters. The Labute approximate surface area is 93.6 Å². The summed E-state index contributed by atoms with van der Waals surface area (Å²) in [5.41, 5.74) is 0.495. The van der Waals surface area contributed by atoms with Gasteiger partial charge in [0, 0.05) is 12.2 Å². The number of hydrogen-bond acceptors (Lipinski definition) is 3. The average molecular weight is 229 g/mol. The molecule has 1 aliphatic heterocycles. The van der Waals surface area contributed by atoms with Crippen LogP contribution in [0.25, 0.3) is 0 Å². The third-order valence-electron chi connectivity index (χ3n) is 1.88. The van der Waals surface area contributed by atoms with Crippen molar-refractivity contribution in [2.75, 3.05) is 13.2 Å². The Morgan fingerprint density at radius 3 is 2.67 bits per heavy atom. The van der Waals surface area contributed by atoms with E-state index in [9.17, 15) is 4.79 Å². The van der Waals surface area contributed by atoms with E-state index in [0.29, 0.717) is 17.2 Å². The second-order valence-electron chi connectivity index (χ2n) is 3.17. The third kappa shape index (κ3) is 4.81. The van der Waals surface area contributed by atoms with Crippen molar-refractivity contribution in [1.29, 1.82) is 0 Å². The van der Waals surface area contributed by atoms with Gasteiger partial charge in [-0.05, 0) is 18.6 Å². The summed E-state index contributed by atoms with van der Waals surface area (Å²) in [5.74, 6) is 0.125. The van der Waals surface area contributed by atoms with Crippen LogP contribution in [0.4, 0.5) is 0 Å². The lowest BCUT2D eigenvalue weighted by atomic mass is 10.2. The molecule has 4 heteroatoms. The summed E-state index contributed by atoms with van der Waals surface area (Å²) in [6.07, 6.45) is 1.72. The highest BCUT2D eigenvalue weighted by Gasteiger charge is 2.10. The Balaban J connectivity index is 0.000000162. The first-order valence-electron chi connectivity index (χ1n) is 4.68. The lowest BCUT2D eigenvalue weighted by molar-refractivity contribution is 0.112. The van der Waals surface area contributed by atoms with Gasteiger partial charge in [0.1, 0.15) is 12.0 Å². The maximum Gasteiger partial charge on any atom is 0.150 e. The number of aromatic hydroxyl groups is 1. The molecule has 1 N–H and O–H groups in total. The molecule has 2 rings (SSSR count). The van der Waals surface area contributed by atoms with Gasteiger partial charge in [0.15, 0.2) is 0 Å². The Morgan fingerprint density at radius 1 is 1.53 bits per heavy atom. The molecule has 1 aromatic carbocycles. The number of phenolic OH excluding ortho intramolecular Hbond substituents is 1. The number of benzene rings is 1. The molecule has 3 nitrogen and oxygen atoms in total. The van der Waals surface area contributed by atoms with Crippen molar-refractivity contribution in [1.82, 2.24) is 0 Å². The van der Waals surface area contributed by atoms with E-state index >= 15 is 0 Å². The van der Waals surface area contributed by atoms with Crippen molar-refractivity contribution in [2.24, 2.45) is 0 Å². The van der Waals surface area contributed by atoms with Gasteiger partial charge >= 0.3 is 0 Å². The molecule has 1 aromatic rings. The fourth-order valence-corrected chi connectivity index (χ4v) is 1.28. The molecular formula is C11H13ClO3. The molecule has 82 valence electrons. The molecule has 0 radical (unpaired) electrons. The number of halogens is 1. The monoisotopic (exact) mass is 228 g/mol. The van der Waals surface area contributed by atoms with Crippen molar-refractivity contribution >= 4 is 17.9 Å². The Hall–Kier alpha value is -1.06. The quantitative estimate of drug-likeness (QED) is 0.592. The van der Waals surface area contributed by atoms with E-state index in [2.05, 4.69) is 0 Å². The van der Waals surface area contributed by atoms with Crippen LogP contribution < -0.4 is 0 Å². The average Bonchev–Trinajstić information content (AvgIpc) is 2.70. The molecule has 0 amide bonds. The number of aldehydes is 1. The number of alkyl halides is 1. The molecule has 1 unspecified atom stereocenters. The van der Waals surface area contributed by atoms with E-state index in [-0.39, 0.29) is 5.75 Å². The number of rotatable bonds is 1. The molecule has 0 aliphatic carbocycles. The number of carbonyl (C=O) groups is 1. The molecule has 0 bridgehead atoms. The van der Waals surface area contributed by atoms with Gasteiger partial charge in [-0.1, -0.05) is 12.1 Å². The van der Waals surface area contributed by atoms with Gasteiger partial charge in [0.2, 0.25) is 0 Å². The minimum Gasteiger partial charge on any atom is -0.508 e. The predicted octanol–water partition coefficient (Wildman–Crippen LogP) is 2.22. The number of hydrogen-bond donors (Lipinski definition) is 1. The topological polar surface area (TPSA) is 46.5 Å². The highest BCUT2D eigenvalue weighted by Crippen LogP contribution is 2.09. The fourth-order valence-electron chi connectivity index (χ4n) is 1.10.